The van der Waals surface area contributed by atoms with Crippen LogP contribution in [0.15, 0.2) is 48.5 Å². The molecule has 130 valence electrons. The summed E-state index contributed by atoms with van der Waals surface area (Å²) in [7, 11) is 0. The van der Waals surface area contributed by atoms with Gasteiger partial charge in [-0.05, 0) is 68.7 Å². The van der Waals surface area contributed by atoms with E-state index in [2.05, 4.69) is 36.6 Å². The zero-order valence-electron chi connectivity index (χ0n) is 15.5. The van der Waals surface area contributed by atoms with Gasteiger partial charge in [-0.1, -0.05) is 30.3 Å². The maximum absolute atomic E-state index is 14.1. The number of allylic oxidation sites excluding steroid dienone is 1. The molecular weight excluding hydrogens is 323 g/mol. The van der Waals surface area contributed by atoms with E-state index >= 15 is 0 Å². The molecule has 3 rings (SSSR count). The highest BCUT2D eigenvalue weighted by molar-refractivity contribution is 5.90. The van der Waals surface area contributed by atoms with E-state index < -0.39 is 0 Å². The summed E-state index contributed by atoms with van der Waals surface area (Å²) in [6.07, 6.45) is 1.77. The predicted octanol–water partition coefficient (Wildman–Crippen LogP) is 5.91. The Morgan fingerprint density at radius 1 is 1.04 bits per heavy atom. The molecule has 2 aromatic carbocycles. The summed E-state index contributed by atoms with van der Waals surface area (Å²) in [5, 5.41) is 9.54. The van der Waals surface area contributed by atoms with Gasteiger partial charge in [-0.3, -0.25) is 0 Å². The fourth-order valence-electron chi connectivity index (χ4n) is 3.29. The summed E-state index contributed by atoms with van der Waals surface area (Å²) in [6, 6.07) is 16.8. The number of hydrogen-bond donors (Lipinski definition) is 0. The number of aromatic nitrogens is 1. The van der Waals surface area contributed by atoms with E-state index in [9.17, 15) is 9.65 Å². The molecule has 0 unspecified atom stereocenters. The van der Waals surface area contributed by atoms with Crippen molar-refractivity contribution in [3.05, 3.63) is 88.0 Å². The van der Waals surface area contributed by atoms with Gasteiger partial charge in [0.15, 0.2) is 0 Å². The van der Waals surface area contributed by atoms with Gasteiger partial charge in [0.25, 0.3) is 0 Å². The molecule has 0 aliphatic rings. The highest BCUT2D eigenvalue weighted by Gasteiger charge is 2.14. The van der Waals surface area contributed by atoms with Gasteiger partial charge >= 0.3 is 0 Å². The van der Waals surface area contributed by atoms with Crippen molar-refractivity contribution in [3.8, 4) is 11.8 Å². The number of benzene rings is 2. The lowest BCUT2D eigenvalue weighted by Gasteiger charge is -2.14. The molecule has 0 fully saturated rings. The summed E-state index contributed by atoms with van der Waals surface area (Å²) in [6.45, 7) is 8.27. The molecule has 3 heteroatoms. The van der Waals surface area contributed by atoms with Gasteiger partial charge < -0.3 is 4.57 Å². The van der Waals surface area contributed by atoms with Crippen LogP contribution in [-0.4, -0.2) is 4.57 Å². The molecule has 0 spiro atoms. The Kier molecular flexibility index (Phi) is 4.77. The first-order valence-corrected chi connectivity index (χ1v) is 8.56. The molecule has 0 atom stereocenters. The van der Waals surface area contributed by atoms with Crippen molar-refractivity contribution in [1.82, 2.24) is 4.57 Å². The first kappa shape index (κ1) is 17.7. The third-order valence-corrected chi connectivity index (χ3v) is 4.87. The molecule has 2 nitrogen and oxygen atoms in total. The van der Waals surface area contributed by atoms with Crippen LogP contribution in [0, 0.1) is 44.8 Å². The second-order valence-electron chi connectivity index (χ2n) is 6.53. The first-order valence-electron chi connectivity index (χ1n) is 8.56. The van der Waals surface area contributed by atoms with Gasteiger partial charge in [-0.15, -0.1) is 0 Å². The number of rotatable bonds is 3. The average Bonchev–Trinajstić information content (AvgIpc) is 2.90. The predicted molar refractivity (Wildman–Crippen MR) is 105 cm³/mol. The largest absolute Gasteiger partial charge is 0.318 e. The third-order valence-electron chi connectivity index (χ3n) is 4.87. The maximum atomic E-state index is 14.1. The van der Waals surface area contributed by atoms with E-state index in [-0.39, 0.29) is 5.82 Å². The van der Waals surface area contributed by atoms with Crippen LogP contribution in [0.5, 0.6) is 0 Å². The Morgan fingerprint density at radius 2 is 1.77 bits per heavy atom. The summed E-state index contributed by atoms with van der Waals surface area (Å²) in [5.74, 6) is -0.386. The fraction of sp³-hybridized carbons (Fsp3) is 0.174. The molecule has 26 heavy (non-hydrogen) atoms. The molecular formula is C23H21FN2. The van der Waals surface area contributed by atoms with Gasteiger partial charge in [0.05, 0.1) is 11.6 Å². The molecule has 0 aliphatic carbocycles. The van der Waals surface area contributed by atoms with Crippen LogP contribution in [0.2, 0.25) is 0 Å². The second-order valence-corrected chi connectivity index (χ2v) is 6.53. The van der Waals surface area contributed by atoms with E-state index in [0.29, 0.717) is 11.1 Å². The van der Waals surface area contributed by atoms with Crippen LogP contribution in [0.1, 0.15) is 33.6 Å². The molecule has 0 saturated heterocycles. The summed E-state index contributed by atoms with van der Waals surface area (Å²) >= 11 is 0. The normalized spacial score (nSPS) is 11.5. The molecule has 1 heterocycles. The monoisotopic (exact) mass is 344 g/mol. The fourth-order valence-corrected chi connectivity index (χ4v) is 3.29. The van der Waals surface area contributed by atoms with Crippen molar-refractivity contribution >= 4 is 11.6 Å². The zero-order valence-corrected chi connectivity index (χ0v) is 15.5. The molecule has 1 aromatic heterocycles. The Hall–Kier alpha value is -3.12. The quantitative estimate of drug-likeness (QED) is 0.543. The van der Waals surface area contributed by atoms with Gasteiger partial charge in [0.2, 0.25) is 0 Å². The van der Waals surface area contributed by atoms with E-state index in [1.165, 1.54) is 17.2 Å². The second kappa shape index (κ2) is 7.01. The van der Waals surface area contributed by atoms with Crippen LogP contribution in [0.3, 0.4) is 0 Å². The summed E-state index contributed by atoms with van der Waals surface area (Å²) in [4.78, 5) is 0. The van der Waals surface area contributed by atoms with Gasteiger partial charge in [-0.25, -0.2) is 4.39 Å². The van der Waals surface area contributed by atoms with Crippen LogP contribution in [0.25, 0.3) is 17.3 Å². The van der Waals surface area contributed by atoms with Crippen molar-refractivity contribution in [2.75, 3.05) is 0 Å². The van der Waals surface area contributed by atoms with Gasteiger partial charge in [-0.2, -0.15) is 5.26 Å². The van der Waals surface area contributed by atoms with Gasteiger partial charge in [0.1, 0.15) is 5.82 Å². The Bertz CT molecular complexity index is 1050. The Balaban J connectivity index is 2.16. The van der Waals surface area contributed by atoms with Crippen molar-refractivity contribution in [2.45, 2.75) is 27.7 Å². The highest BCUT2D eigenvalue weighted by atomic mass is 19.1. The Morgan fingerprint density at radius 3 is 2.46 bits per heavy atom. The van der Waals surface area contributed by atoms with Crippen LogP contribution in [-0.2, 0) is 0 Å². The van der Waals surface area contributed by atoms with E-state index in [1.807, 2.05) is 26.0 Å². The smallest absolute Gasteiger partial charge is 0.131 e. The van der Waals surface area contributed by atoms with Crippen molar-refractivity contribution in [3.63, 3.8) is 0 Å². The minimum atomic E-state index is -0.386. The van der Waals surface area contributed by atoms with Crippen LogP contribution in [0.4, 0.5) is 4.39 Å². The lowest BCUT2D eigenvalue weighted by molar-refractivity contribution is 0.624. The molecule has 0 aliphatic heterocycles. The van der Waals surface area contributed by atoms with Crippen molar-refractivity contribution in [1.29, 1.82) is 5.26 Å². The maximum Gasteiger partial charge on any atom is 0.131 e. The topological polar surface area (TPSA) is 28.7 Å². The third kappa shape index (κ3) is 3.07. The molecule has 0 bridgehead atoms. The number of nitriles is 1. The average molecular weight is 344 g/mol. The number of aryl methyl sites for hydroxylation is 2. The number of halogens is 1. The lowest BCUT2D eigenvalue weighted by Crippen LogP contribution is -2.02. The zero-order chi connectivity index (χ0) is 18.8. The van der Waals surface area contributed by atoms with E-state index in [1.54, 1.807) is 24.3 Å². The van der Waals surface area contributed by atoms with E-state index in [4.69, 9.17) is 0 Å². The molecule has 3 aromatic rings. The SMILES string of the molecule is Cc1cccc(-n2c(C)cc(/C=C(/C#N)c3ccccc3F)c2C)c1C. The Labute approximate surface area is 153 Å². The lowest BCUT2D eigenvalue weighted by atomic mass is 10.0. The van der Waals surface area contributed by atoms with Crippen molar-refractivity contribution in [2.24, 2.45) is 0 Å². The standard InChI is InChI=1S/C23H21FN2/c1-15-8-7-11-23(17(15)3)26-16(2)12-19(18(26)4)13-20(14-25)21-9-5-6-10-22(21)24/h5-13H,1-4H3/b20-13-. The van der Waals surface area contributed by atoms with Crippen molar-refractivity contribution < 1.29 is 4.39 Å². The molecule has 0 saturated carbocycles. The minimum Gasteiger partial charge on any atom is -0.318 e. The van der Waals surface area contributed by atoms with E-state index in [0.717, 1.165) is 22.6 Å². The van der Waals surface area contributed by atoms with Crippen LogP contribution < -0.4 is 0 Å². The number of nitrogens with zero attached hydrogens (tertiary/aromatic N) is 2. The summed E-state index contributed by atoms with van der Waals surface area (Å²) in [5.41, 5.74) is 7.26. The summed E-state index contributed by atoms with van der Waals surface area (Å²) < 4.78 is 16.3. The molecule has 0 N–H and O–H groups in total. The molecule has 0 amide bonds. The van der Waals surface area contributed by atoms with Gasteiger partial charge in [0, 0.05) is 22.6 Å². The minimum absolute atomic E-state index is 0.323. The number of hydrogen-bond acceptors (Lipinski definition) is 1. The van der Waals surface area contributed by atoms with Crippen LogP contribution >= 0.6 is 0 Å². The first-order chi connectivity index (χ1) is 12.4. The highest BCUT2D eigenvalue weighted by Crippen LogP contribution is 2.28. The molecule has 0 radical (unpaired) electrons.